The largest absolute Gasteiger partial charge is 0.439 e. The molecular weight excluding hydrogens is 334 g/mol. The Kier molecular flexibility index (Phi) is 4.16. The van der Waals surface area contributed by atoms with E-state index in [1.54, 1.807) is 11.1 Å². The van der Waals surface area contributed by atoms with Crippen molar-refractivity contribution in [1.82, 2.24) is 24.6 Å². The van der Waals surface area contributed by atoms with Gasteiger partial charge in [0.15, 0.2) is 5.82 Å². The first kappa shape index (κ1) is 16.3. The van der Waals surface area contributed by atoms with Crippen molar-refractivity contribution >= 4 is 6.03 Å². The smallest absolute Gasteiger partial charge is 0.324 e. The molecule has 0 radical (unpaired) electrons. The van der Waals surface area contributed by atoms with Gasteiger partial charge in [0, 0.05) is 30.4 Å². The number of nitrogens with zero attached hydrogens (tertiary/aromatic N) is 4. The van der Waals surface area contributed by atoms with Gasteiger partial charge >= 0.3 is 11.8 Å². The van der Waals surface area contributed by atoms with Gasteiger partial charge in [0.2, 0.25) is 0 Å². The zero-order valence-electron chi connectivity index (χ0n) is 14.4. The molecular formula is C18H19N5O3. The Hall–Kier alpha value is -3.16. The van der Waals surface area contributed by atoms with E-state index in [0.29, 0.717) is 23.1 Å². The van der Waals surface area contributed by atoms with Gasteiger partial charge in [-0.25, -0.2) is 14.6 Å². The average molecular weight is 353 g/mol. The van der Waals surface area contributed by atoms with Crippen LogP contribution in [0.4, 0.5) is 4.79 Å². The normalized spacial score (nSPS) is 14.7. The highest BCUT2D eigenvalue weighted by Gasteiger charge is 2.24. The molecule has 4 rings (SSSR count). The highest BCUT2D eigenvalue weighted by molar-refractivity contribution is 5.78. The Morgan fingerprint density at radius 1 is 1.31 bits per heavy atom. The molecule has 1 fully saturated rings. The highest BCUT2D eigenvalue weighted by Crippen LogP contribution is 2.25. The van der Waals surface area contributed by atoms with E-state index in [4.69, 9.17) is 0 Å². The minimum absolute atomic E-state index is 0.0763. The van der Waals surface area contributed by atoms with Crippen molar-refractivity contribution < 1.29 is 9.32 Å². The lowest BCUT2D eigenvalue weighted by Gasteiger charge is -2.23. The van der Waals surface area contributed by atoms with E-state index in [9.17, 15) is 9.59 Å². The summed E-state index contributed by atoms with van der Waals surface area (Å²) in [5, 5.41) is 3.69. The third kappa shape index (κ3) is 3.05. The van der Waals surface area contributed by atoms with Crippen molar-refractivity contribution in [1.29, 1.82) is 0 Å². The number of carbonyl (C=O) groups excluding carboxylic acids is 1. The minimum atomic E-state index is -0.602. The highest BCUT2D eigenvalue weighted by atomic mass is 16.5. The van der Waals surface area contributed by atoms with Crippen LogP contribution in [-0.4, -0.2) is 43.7 Å². The van der Waals surface area contributed by atoms with Crippen LogP contribution >= 0.6 is 0 Å². The number of nitrogens with one attached hydrogen (secondary N) is 1. The topological polar surface area (TPSA) is 97.0 Å². The number of carbonyl (C=O) groups is 1. The number of rotatable bonds is 3. The monoisotopic (exact) mass is 353 g/mol. The molecule has 0 atom stereocenters. The lowest BCUT2D eigenvalue weighted by Crippen LogP contribution is -2.37. The van der Waals surface area contributed by atoms with Crippen LogP contribution in [0.15, 0.2) is 46.1 Å². The van der Waals surface area contributed by atoms with Crippen LogP contribution in [0.1, 0.15) is 25.7 Å². The maximum Gasteiger partial charge on any atom is 0.439 e. The molecule has 1 aliphatic rings. The number of hydrogen-bond acceptors (Lipinski definition) is 5. The summed E-state index contributed by atoms with van der Waals surface area (Å²) in [5.74, 6) is -0.247. The summed E-state index contributed by atoms with van der Waals surface area (Å²) >= 11 is 0. The number of amides is 1. The third-order valence-electron chi connectivity index (χ3n) is 4.85. The molecule has 1 amide bonds. The molecule has 0 spiro atoms. The second kappa shape index (κ2) is 6.62. The standard InChI is InChI=1S/C18H19N5O3/c1-22(14-7-2-3-8-14)18(25)23-10-15(19-11-23)12-5-4-6-13(9-12)16-20-17(24)26-21-16/h4-6,9-11,14H,2-3,7-8H2,1H3,(H,20,21,24). The van der Waals surface area contributed by atoms with Gasteiger partial charge in [-0.15, -0.1) is 0 Å². The molecule has 0 aliphatic heterocycles. The molecule has 8 nitrogen and oxygen atoms in total. The van der Waals surface area contributed by atoms with Crippen LogP contribution in [0, 0.1) is 0 Å². The van der Waals surface area contributed by atoms with Gasteiger partial charge in [-0.2, -0.15) is 0 Å². The van der Waals surface area contributed by atoms with Gasteiger partial charge in [0.25, 0.3) is 0 Å². The fourth-order valence-electron chi connectivity index (χ4n) is 3.39. The SMILES string of the molecule is CN(C(=O)n1cnc(-c2cccc(-c3noc(=O)[nH]3)c2)c1)C1CCCC1. The third-order valence-corrected chi connectivity index (χ3v) is 4.85. The second-order valence-electron chi connectivity index (χ2n) is 6.52. The molecule has 1 aromatic carbocycles. The maximum absolute atomic E-state index is 12.7. The summed E-state index contributed by atoms with van der Waals surface area (Å²) in [6.07, 6.45) is 7.72. The molecule has 1 saturated carbocycles. The minimum Gasteiger partial charge on any atom is -0.324 e. The zero-order valence-corrected chi connectivity index (χ0v) is 14.4. The lowest BCUT2D eigenvalue weighted by atomic mass is 10.1. The molecule has 0 unspecified atom stereocenters. The Morgan fingerprint density at radius 3 is 2.81 bits per heavy atom. The summed E-state index contributed by atoms with van der Waals surface area (Å²) in [6.45, 7) is 0. The Labute approximate surface area is 149 Å². The number of imidazole rings is 1. The summed E-state index contributed by atoms with van der Waals surface area (Å²) in [7, 11) is 1.85. The van der Waals surface area contributed by atoms with Gasteiger partial charge in [-0.3, -0.25) is 14.1 Å². The summed E-state index contributed by atoms with van der Waals surface area (Å²) in [4.78, 5) is 32.5. The lowest BCUT2D eigenvalue weighted by molar-refractivity contribution is 0.192. The average Bonchev–Trinajstić information content (AvgIpc) is 3.41. The van der Waals surface area contributed by atoms with Gasteiger partial charge in [0.1, 0.15) is 6.33 Å². The molecule has 2 heterocycles. The molecule has 3 aromatic rings. The van der Waals surface area contributed by atoms with E-state index in [1.165, 1.54) is 23.7 Å². The Bertz CT molecular complexity index is 980. The van der Waals surface area contributed by atoms with Crippen LogP contribution in [0.2, 0.25) is 0 Å². The zero-order chi connectivity index (χ0) is 18.1. The molecule has 134 valence electrons. The molecule has 0 bridgehead atoms. The molecule has 8 heteroatoms. The molecule has 2 aromatic heterocycles. The molecule has 0 saturated heterocycles. The van der Waals surface area contributed by atoms with Gasteiger partial charge in [0.05, 0.1) is 5.69 Å². The van der Waals surface area contributed by atoms with Crippen molar-refractivity contribution in [3.63, 3.8) is 0 Å². The quantitative estimate of drug-likeness (QED) is 0.781. The van der Waals surface area contributed by atoms with E-state index in [1.807, 2.05) is 31.3 Å². The van der Waals surface area contributed by atoms with Crippen molar-refractivity contribution in [2.45, 2.75) is 31.7 Å². The molecule has 1 N–H and O–H groups in total. The Morgan fingerprint density at radius 2 is 2.08 bits per heavy atom. The first-order valence-corrected chi connectivity index (χ1v) is 8.60. The fraction of sp³-hybridized carbons (Fsp3) is 0.333. The number of aromatic nitrogens is 4. The number of aromatic amines is 1. The number of benzene rings is 1. The van der Waals surface area contributed by atoms with Crippen molar-refractivity contribution in [3.8, 4) is 22.6 Å². The van der Waals surface area contributed by atoms with E-state index in [0.717, 1.165) is 18.4 Å². The summed E-state index contributed by atoms with van der Waals surface area (Å²) in [5.41, 5.74) is 2.20. The van der Waals surface area contributed by atoms with E-state index in [-0.39, 0.29) is 6.03 Å². The van der Waals surface area contributed by atoms with Crippen LogP contribution in [-0.2, 0) is 0 Å². The Balaban J connectivity index is 1.58. The predicted molar refractivity (Wildman–Crippen MR) is 94.6 cm³/mol. The van der Waals surface area contributed by atoms with Crippen LogP contribution < -0.4 is 5.76 Å². The summed E-state index contributed by atoms with van der Waals surface area (Å²) < 4.78 is 6.06. The summed E-state index contributed by atoms with van der Waals surface area (Å²) in [6, 6.07) is 7.61. The first-order chi connectivity index (χ1) is 12.6. The van der Waals surface area contributed by atoms with Crippen molar-refractivity contribution in [2.24, 2.45) is 0 Å². The first-order valence-electron chi connectivity index (χ1n) is 8.60. The van der Waals surface area contributed by atoms with Crippen LogP contribution in [0.25, 0.3) is 22.6 Å². The van der Waals surface area contributed by atoms with Gasteiger partial charge in [-0.05, 0) is 18.9 Å². The van der Waals surface area contributed by atoms with E-state index < -0.39 is 5.76 Å². The van der Waals surface area contributed by atoms with Gasteiger partial charge in [-0.1, -0.05) is 36.2 Å². The van der Waals surface area contributed by atoms with E-state index >= 15 is 0 Å². The predicted octanol–water partition coefficient (Wildman–Crippen LogP) is 2.74. The number of hydrogen-bond donors (Lipinski definition) is 1. The van der Waals surface area contributed by atoms with Gasteiger partial charge < -0.3 is 4.90 Å². The molecule has 1 aliphatic carbocycles. The maximum atomic E-state index is 12.7. The fourth-order valence-corrected chi connectivity index (χ4v) is 3.39. The molecule has 26 heavy (non-hydrogen) atoms. The van der Waals surface area contributed by atoms with Crippen molar-refractivity contribution in [2.75, 3.05) is 7.05 Å². The van der Waals surface area contributed by atoms with Crippen LogP contribution in [0.5, 0.6) is 0 Å². The number of H-pyrrole nitrogens is 1. The van der Waals surface area contributed by atoms with Crippen LogP contribution in [0.3, 0.4) is 0 Å². The van der Waals surface area contributed by atoms with E-state index in [2.05, 4.69) is 19.6 Å². The second-order valence-corrected chi connectivity index (χ2v) is 6.52. The van der Waals surface area contributed by atoms with Crippen molar-refractivity contribution in [3.05, 3.63) is 47.3 Å².